The van der Waals surface area contributed by atoms with Crippen molar-refractivity contribution in [1.29, 1.82) is 0 Å². The zero-order valence-electron chi connectivity index (χ0n) is 12.3. The van der Waals surface area contributed by atoms with Crippen LogP contribution in [0.5, 0.6) is 0 Å². The largest absolute Gasteiger partial charge is 0.478 e. The fourth-order valence-corrected chi connectivity index (χ4v) is 3.49. The van der Waals surface area contributed by atoms with Crippen molar-refractivity contribution in [3.05, 3.63) is 23.8 Å². The normalized spacial score (nSPS) is 23.4. The first-order chi connectivity index (χ1) is 10.1. The number of carboxylic acids is 1. The molecule has 2 aliphatic heterocycles. The van der Waals surface area contributed by atoms with Crippen LogP contribution in [0.4, 0.5) is 11.4 Å². The number of hydrogen-bond donors (Lipinski definition) is 2. The third kappa shape index (κ3) is 2.97. The molecule has 1 atom stereocenters. The van der Waals surface area contributed by atoms with Crippen LogP contribution in [0, 0.1) is 0 Å². The van der Waals surface area contributed by atoms with Crippen LogP contribution in [-0.2, 0) is 0 Å². The molecule has 2 fully saturated rings. The van der Waals surface area contributed by atoms with E-state index in [2.05, 4.69) is 9.80 Å². The molecule has 1 aromatic rings. The van der Waals surface area contributed by atoms with Crippen molar-refractivity contribution in [2.45, 2.75) is 31.7 Å². The van der Waals surface area contributed by atoms with Crippen molar-refractivity contribution in [2.75, 3.05) is 36.8 Å². The summed E-state index contributed by atoms with van der Waals surface area (Å²) in [6, 6.07) is 5.56. The highest BCUT2D eigenvalue weighted by atomic mass is 16.4. The van der Waals surface area contributed by atoms with Crippen LogP contribution in [0.3, 0.4) is 0 Å². The second-order valence-corrected chi connectivity index (χ2v) is 6.06. The molecule has 2 heterocycles. The summed E-state index contributed by atoms with van der Waals surface area (Å²) >= 11 is 0. The van der Waals surface area contributed by atoms with Crippen molar-refractivity contribution in [3.8, 4) is 0 Å². The van der Waals surface area contributed by atoms with E-state index in [9.17, 15) is 4.79 Å². The molecule has 0 bridgehead atoms. The molecule has 5 nitrogen and oxygen atoms in total. The summed E-state index contributed by atoms with van der Waals surface area (Å²) in [6.45, 7) is 4.30. The third-order valence-corrected chi connectivity index (χ3v) is 4.69. The lowest BCUT2D eigenvalue weighted by atomic mass is 10.1. The Balaban J connectivity index is 1.73. The number of aromatic carboxylic acids is 1. The summed E-state index contributed by atoms with van der Waals surface area (Å²) in [5.41, 5.74) is 7.89. The number of nitrogens with two attached hydrogens (primary N) is 1. The average Bonchev–Trinajstić information content (AvgIpc) is 2.98. The number of likely N-dealkylation sites (tertiary alicyclic amines) is 1. The van der Waals surface area contributed by atoms with Crippen molar-refractivity contribution in [1.82, 2.24) is 4.90 Å². The van der Waals surface area contributed by atoms with Gasteiger partial charge in [-0.1, -0.05) is 6.42 Å². The number of carboxylic acid groups (broad SMARTS) is 1. The summed E-state index contributed by atoms with van der Waals surface area (Å²) in [6.07, 6.45) is 5.08. The number of carbonyl (C=O) groups is 1. The highest BCUT2D eigenvalue weighted by Crippen LogP contribution is 2.30. The molecule has 0 amide bonds. The van der Waals surface area contributed by atoms with Gasteiger partial charge in [0.15, 0.2) is 0 Å². The number of nitrogens with zero attached hydrogens (tertiary/aromatic N) is 2. The van der Waals surface area contributed by atoms with Crippen molar-refractivity contribution in [3.63, 3.8) is 0 Å². The molecule has 114 valence electrons. The molecule has 0 spiro atoms. The van der Waals surface area contributed by atoms with Gasteiger partial charge in [0.25, 0.3) is 0 Å². The predicted molar refractivity (Wildman–Crippen MR) is 83.9 cm³/mol. The second kappa shape index (κ2) is 5.93. The van der Waals surface area contributed by atoms with Crippen LogP contribution < -0.4 is 10.6 Å². The molecule has 0 aromatic heterocycles. The Kier molecular flexibility index (Phi) is 4.01. The highest BCUT2D eigenvalue weighted by Gasteiger charge is 2.29. The Hall–Kier alpha value is -1.75. The molecular formula is C16H23N3O2. The van der Waals surface area contributed by atoms with Crippen LogP contribution >= 0.6 is 0 Å². The van der Waals surface area contributed by atoms with E-state index in [1.807, 2.05) is 0 Å². The lowest BCUT2D eigenvalue weighted by molar-refractivity contribution is 0.0697. The van der Waals surface area contributed by atoms with Crippen molar-refractivity contribution >= 4 is 17.3 Å². The van der Waals surface area contributed by atoms with Gasteiger partial charge in [0.2, 0.25) is 0 Å². The van der Waals surface area contributed by atoms with Gasteiger partial charge in [0.1, 0.15) is 0 Å². The van der Waals surface area contributed by atoms with E-state index in [4.69, 9.17) is 10.8 Å². The van der Waals surface area contributed by atoms with E-state index in [1.54, 1.807) is 18.2 Å². The quantitative estimate of drug-likeness (QED) is 0.833. The first-order valence-corrected chi connectivity index (χ1v) is 7.77. The number of piperidine rings is 1. The van der Waals surface area contributed by atoms with Gasteiger partial charge in [-0.2, -0.15) is 0 Å². The summed E-state index contributed by atoms with van der Waals surface area (Å²) in [5, 5.41) is 9.13. The number of nitrogen functional groups attached to an aromatic ring is 1. The SMILES string of the molecule is Nc1ccc(C(=O)O)cc1N1CCC(N2CCCCC2)C1. The van der Waals surface area contributed by atoms with Crippen LogP contribution in [0.25, 0.3) is 0 Å². The fraction of sp³-hybridized carbons (Fsp3) is 0.562. The predicted octanol–water partition coefficient (Wildman–Crippen LogP) is 2.03. The molecule has 0 radical (unpaired) electrons. The van der Waals surface area contributed by atoms with Crippen molar-refractivity contribution in [2.24, 2.45) is 0 Å². The average molecular weight is 289 g/mol. The van der Waals surface area contributed by atoms with Gasteiger partial charge in [-0.05, 0) is 50.6 Å². The molecule has 5 heteroatoms. The first-order valence-electron chi connectivity index (χ1n) is 7.77. The Morgan fingerprint density at radius 1 is 1.19 bits per heavy atom. The van der Waals surface area contributed by atoms with E-state index < -0.39 is 5.97 Å². The first kappa shape index (κ1) is 14.2. The van der Waals surface area contributed by atoms with Gasteiger partial charge in [-0.15, -0.1) is 0 Å². The summed E-state index contributed by atoms with van der Waals surface area (Å²) in [4.78, 5) is 15.9. The molecule has 3 rings (SSSR count). The van der Waals surface area contributed by atoms with E-state index in [-0.39, 0.29) is 0 Å². The zero-order chi connectivity index (χ0) is 14.8. The van der Waals surface area contributed by atoms with Crippen LogP contribution in [0.2, 0.25) is 0 Å². The smallest absolute Gasteiger partial charge is 0.335 e. The van der Waals surface area contributed by atoms with Crippen LogP contribution in [-0.4, -0.2) is 48.2 Å². The van der Waals surface area contributed by atoms with Gasteiger partial charge in [0, 0.05) is 19.1 Å². The lowest BCUT2D eigenvalue weighted by Crippen LogP contribution is -2.40. The molecule has 1 aromatic carbocycles. The number of hydrogen-bond acceptors (Lipinski definition) is 4. The second-order valence-electron chi connectivity index (χ2n) is 6.06. The van der Waals surface area contributed by atoms with Crippen LogP contribution in [0.1, 0.15) is 36.0 Å². The van der Waals surface area contributed by atoms with E-state index >= 15 is 0 Å². The Bertz CT molecular complexity index is 526. The monoisotopic (exact) mass is 289 g/mol. The van der Waals surface area contributed by atoms with Gasteiger partial charge < -0.3 is 15.7 Å². The highest BCUT2D eigenvalue weighted by molar-refractivity contribution is 5.90. The fourth-order valence-electron chi connectivity index (χ4n) is 3.49. The van der Waals surface area contributed by atoms with Crippen LogP contribution in [0.15, 0.2) is 18.2 Å². The maximum atomic E-state index is 11.1. The minimum absolute atomic E-state index is 0.306. The number of rotatable bonds is 3. The van der Waals surface area contributed by atoms with Gasteiger partial charge in [-0.3, -0.25) is 4.90 Å². The van der Waals surface area contributed by atoms with Gasteiger partial charge >= 0.3 is 5.97 Å². The minimum Gasteiger partial charge on any atom is -0.478 e. The van der Waals surface area contributed by atoms with Gasteiger partial charge in [0.05, 0.1) is 16.9 Å². The summed E-state index contributed by atoms with van der Waals surface area (Å²) < 4.78 is 0. The minimum atomic E-state index is -0.900. The molecule has 21 heavy (non-hydrogen) atoms. The lowest BCUT2D eigenvalue weighted by Gasteiger charge is -2.32. The Labute approximate surface area is 125 Å². The summed E-state index contributed by atoms with van der Waals surface area (Å²) in [7, 11) is 0. The molecule has 3 N–H and O–H groups in total. The maximum Gasteiger partial charge on any atom is 0.335 e. The molecular weight excluding hydrogens is 266 g/mol. The van der Waals surface area contributed by atoms with E-state index in [0.717, 1.165) is 25.2 Å². The van der Waals surface area contributed by atoms with Crippen molar-refractivity contribution < 1.29 is 9.90 Å². The molecule has 2 saturated heterocycles. The summed E-state index contributed by atoms with van der Waals surface area (Å²) in [5.74, 6) is -0.900. The number of benzene rings is 1. The zero-order valence-corrected chi connectivity index (χ0v) is 12.3. The maximum absolute atomic E-state index is 11.1. The van der Waals surface area contributed by atoms with E-state index in [0.29, 0.717) is 17.3 Å². The Morgan fingerprint density at radius 3 is 2.67 bits per heavy atom. The molecule has 2 aliphatic rings. The molecule has 0 saturated carbocycles. The standard InChI is InChI=1S/C16H23N3O2/c17-14-5-4-12(16(20)21)10-15(14)19-9-6-13(11-19)18-7-2-1-3-8-18/h4-5,10,13H,1-3,6-9,11,17H2,(H,20,21). The van der Waals surface area contributed by atoms with Gasteiger partial charge in [-0.25, -0.2) is 4.79 Å². The topological polar surface area (TPSA) is 69.8 Å². The third-order valence-electron chi connectivity index (χ3n) is 4.69. The number of anilines is 2. The Morgan fingerprint density at radius 2 is 1.95 bits per heavy atom. The molecule has 0 aliphatic carbocycles. The van der Waals surface area contributed by atoms with E-state index in [1.165, 1.54) is 32.4 Å². The molecule has 1 unspecified atom stereocenters.